The van der Waals surface area contributed by atoms with Crippen molar-refractivity contribution >= 4 is 50.3 Å². The van der Waals surface area contributed by atoms with Gasteiger partial charge in [-0.05, 0) is 41.1 Å². The molecule has 38 heavy (non-hydrogen) atoms. The molecule has 2 aliphatic heterocycles. The molecule has 2 saturated heterocycles. The fourth-order valence-electron chi connectivity index (χ4n) is 3.45. The Morgan fingerprint density at radius 3 is 1.32 bits per heavy atom. The third-order valence-corrected chi connectivity index (χ3v) is 6.11. The maximum absolute atomic E-state index is 8.68. The van der Waals surface area contributed by atoms with Crippen LogP contribution in [0.2, 0.25) is 0 Å². The second kappa shape index (κ2) is 17.1. The van der Waals surface area contributed by atoms with Crippen LogP contribution in [0.4, 0.5) is 0 Å². The molecular formula is C24H38B4O10. The molecule has 2 aromatic rings. The molecule has 0 amide bonds. The lowest BCUT2D eigenvalue weighted by Gasteiger charge is -2.09. The first kappa shape index (κ1) is 32.5. The van der Waals surface area contributed by atoms with Crippen LogP contribution in [0.25, 0.3) is 0 Å². The SMILES string of the molecule is CCC(O)CO.CCC1COB(c2ccc(B3OCC(CC)O3)cc2)O1.OB(O)c1ccc(B(O)O)cc1. The summed E-state index contributed by atoms with van der Waals surface area (Å²) in [4.78, 5) is 0. The Labute approximate surface area is 226 Å². The van der Waals surface area contributed by atoms with Crippen LogP contribution in [0.1, 0.15) is 40.0 Å². The van der Waals surface area contributed by atoms with Crippen LogP contribution in [0.3, 0.4) is 0 Å². The molecule has 0 spiro atoms. The minimum Gasteiger partial charge on any atom is -0.423 e. The Kier molecular flexibility index (Phi) is 14.6. The Balaban J connectivity index is 0.000000239. The van der Waals surface area contributed by atoms with E-state index in [0.29, 0.717) is 30.6 Å². The van der Waals surface area contributed by atoms with Crippen LogP contribution >= 0.6 is 0 Å². The molecule has 206 valence electrons. The van der Waals surface area contributed by atoms with E-state index in [4.69, 9.17) is 48.9 Å². The molecule has 0 aromatic heterocycles. The van der Waals surface area contributed by atoms with Crippen LogP contribution in [-0.4, -0.2) is 96.9 Å². The van der Waals surface area contributed by atoms with Gasteiger partial charge in [0.2, 0.25) is 0 Å². The first-order valence-corrected chi connectivity index (χ1v) is 13.0. The van der Waals surface area contributed by atoms with Crippen molar-refractivity contribution in [2.24, 2.45) is 0 Å². The largest absolute Gasteiger partial charge is 0.494 e. The van der Waals surface area contributed by atoms with Crippen molar-refractivity contribution in [3.8, 4) is 0 Å². The molecule has 10 nitrogen and oxygen atoms in total. The summed E-state index contributed by atoms with van der Waals surface area (Å²) in [5, 5.41) is 51.2. The molecule has 0 aliphatic carbocycles. The summed E-state index contributed by atoms with van der Waals surface area (Å²) in [7, 11) is -3.50. The molecule has 0 bridgehead atoms. The monoisotopic (exact) mass is 530 g/mol. The van der Waals surface area contributed by atoms with E-state index in [2.05, 4.69) is 13.8 Å². The van der Waals surface area contributed by atoms with Crippen molar-refractivity contribution < 1.29 is 48.9 Å². The first-order valence-electron chi connectivity index (χ1n) is 13.0. The van der Waals surface area contributed by atoms with Gasteiger partial charge in [0.15, 0.2) is 0 Å². The maximum atomic E-state index is 8.68. The van der Waals surface area contributed by atoms with Crippen LogP contribution < -0.4 is 21.9 Å². The highest BCUT2D eigenvalue weighted by Crippen LogP contribution is 2.13. The molecule has 0 radical (unpaired) electrons. The van der Waals surface area contributed by atoms with E-state index >= 15 is 0 Å². The van der Waals surface area contributed by atoms with Crippen LogP contribution in [0, 0.1) is 0 Å². The zero-order chi connectivity index (χ0) is 28.1. The summed E-state index contributed by atoms with van der Waals surface area (Å²) in [6.07, 6.45) is 2.52. The smallest absolute Gasteiger partial charge is 0.423 e. The van der Waals surface area contributed by atoms with Gasteiger partial charge in [-0.25, -0.2) is 0 Å². The Bertz CT molecular complexity index is 832. The fourth-order valence-corrected chi connectivity index (χ4v) is 3.45. The lowest BCUT2D eigenvalue weighted by atomic mass is 9.74. The molecule has 2 aromatic carbocycles. The summed E-state index contributed by atoms with van der Waals surface area (Å²) in [5.41, 5.74) is 2.74. The quantitative estimate of drug-likeness (QED) is 0.202. The van der Waals surface area contributed by atoms with Crippen LogP contribution in [-0.2, 0) is 18.6 Å². The van der Waals surface area contributed by atoms with Crippen molar-refractivity contribution in [3.05, 3.63) is 48.5 Å². The van der Waals surface area contributed by atoms with E-state index in [0.717, 1.165) is 23.8 Å². The molecule has 0 saturated carbocycles. The van der Waals surface area contributed by atoms with Crippen molar-refractivity contribution in [2.75, 3.05) is 19.8 Å². The normalized spacial score (nSPS) is 19.3. The highest BCUT2D eigenvalue weighted by molar-refractivity contribution is 6.64. The van der Waals surface area contributed by atoms with Gasteiger partial charge in [-0.3, -0.25) is 0 Å². The van der Waals surface area contributed by atoms with Gasteiger partial charge >= 0.3 is 28.5 Å². The highest BCUT2D eigenvalue weighted by atomic mass is 16.6. The van der Waals surface area contributed by atoms with Gasteiger partial charge in [0.1, 0.15) is 0 Å². The van der Waals surface area contributed by atoms with E-state index in [1.54, 1.807) is 0 Å². The predicted octanol–water partition coefficient (Wildman–Crippen LogP) is -2.48. The molecule has 6 N–H and O–H groups in total. The molecule has 2 aliphatic rings. The Morgan fingerprint density at radius 1 is 0.737 bits per heavy atom. The van der Waals surface area contributed by atoms with Gasteiger partial charge in [-0.1, -0.05) is 69.3 Å². The second-order valence-electron chi connectivity index (χ2n) is 8.99. The topological polar surface area (TPSA) is 158 Å². The molecule has 2 heterocycles. The Hall–Kier alpha value is -1.70. The zero-order valence-corrected chi connectivity index (χ0v) is 22.2. The summed E-state index contributed by atoms with van der Waals surface area (Å²) >= 11 is 0. The Morgan fingerprint density at radius 2 is 1.11 bits per heavy atom. The molecule has 4 rings (SSSR count). The molecule has 3 atom stereocenters. The van der Waals surface area contributed by atoms with Crippen molar-refractivity contribution in [2.45, 2.75) is 58.3 Å². The highest BCUT2D eigenvalue weighted by Gasteiger charge is 2.34. The van der Waals surface area contributed by atoms with Crippen LogP contribution in [0.15, 0.2) is 48.5 Å². The van der Waals surface area contributed by atoms with Gasteiger partial charge < -0.3 is 48.9 Å². The number of hydrogen-bond donors (Lipinski definition) is 6. The minimum atomic E-state index is -1.52. The summed E-state index contributed by atoms with van der Waals surface area (Å²) in [5.74, 6) is 0. The zero-order valence-electron chi connectivity index (χ0n) is 22.2. The van der Waals surface area contributed by atoms with E-state index < -0.39 is 20.3 Å². The summed E-state index contributed by atoms with van der Waals surface area (Å²) in [6.45, 7) is 7.28. The summed E-state index contributed by atoms with van der Waals surface area (Å²) < 4.78 is 22.9. The van der Waals surface area contributed by atoms with Gasteiger partial charge in [0.25, 0.3) is 0 Å². The first-order chi connectivity index (χ1) is 18.2. The van der Waals surface area contributed by atoms with E-state index in [-0.39, 0.29) is 33.1 Å². The van der Waals surface area contributed by atoms with E-state index in [9.17, 15) is 0 Å². The van der Waals surface area contributed by atoms with E-state index in [1.807, 2.05) is 31.2 Å². The van der Waals surface area contributed by atoms with Gasteiger partial charge in [0.05, 0.1) is 38.1 Å². The average molecular weight is 530 g/mol. The van der Waals surface area contributed by atoms with Gasteiger partial charge in [-0.2, -0.15) is 0 Å². The molecule has 2 fully saturated rings. The maximum Gasteiger partial charge on any atom is 0.494 e. The summed E-state index contributed by atoms with van der Waals surface area (Å²) in [6, 6.07) is 13.8. The van der Waals surface area contributed by atoms with Crippen molar-refractivity contribution in [3.63, 3.8) is 0 Å². The van der Waals surface area contributed by atoms with Gasteiger partial charge in [-0.15, -0.1) is 0 Å². The lowest BCUT2D eigenvalue weighted by Crippen LogP contribution is -2.37. The third kappa shape index (κ3) is 10.5. The number of aliphatic hydroxyl groups excluding tert-OH is 2. The molecule has 3 unspecified atom stereocenters. The average Bonchev–Trinajstić information content (AvgIpc) is 3.63. The lowest BCUT2D eigenvalue weighted by molar-refractivity contribution is 0.0923. The number of benzene rings is 2. The van der Waals surface area contributed by atoms with Crippen LogP contribution in [0.5, 0.6) is 0 Å². The van der Waals surface area contributed by atoms with Crippen molar-refractivity contribution in [1.82, 2.24) is 0 Å². The molecular weight excluding hydrogens is 492 g/mol. The minimum absolute atomic E-state index is 0.115. The number of hydrogen-bond acceptors (Lipinski definition) is 10. The predicted molar refractivity (Wildman–Crippen MR) is 149 cm³/mol. The standard InChI is InChI=1S/C14H20B2O4.C6H8B2O4.C4H10O2/c1-3-13-9-17-15(19-13)11-5-7-12(8-6-11)16-18-10-14(4-2)20-16;9-7(10)5-1-2-6(4-3-5)8(11)12;1-2-4(6)3-5/h5-8,13-14H,3-4,9-10H2,1-2H3;1-4,9-12H;4-6H,2-3H2,1H3. The number of aliphatic hydroxyl groups is 2. The van der Waals surface area contributed by atoms with Gasteiger partial charge in [0, 0.05) is 0 Å². The third-order valence-electron chi connectivity index (χ3n) is 6.11. The molecule has 14 heteroatoms. The second-order valence-corrected chi connectivity index (χ2v) is 8.99. The number of rotatable bonds is 8. The van der Waals surface area contributed by atoms with E-state index in [1.165, 1.54) is 24.3 Å². The fraction of sp³-hybridized carbons (Fsp3) is 0.500. The van der Waals surface area contributed by atoms with Crippen molar-refractivity contribution in [1.29, 1.82) is 0 Å².